The van der Waals surface area contributed by atoms with Gasteiger partial charge in [0.05, 0.1) is 10.7 Å². The van der Waals surface area contributed by atoms with Crippen LogP contribution in [0.1, 0.15) is 26.1 Å². The molecule has 7 heteroatoms. The summed E-state index contributed by atoms with van der Waals surface area (Å²) in [6, 6.07) is 6.76. The molecule has 0 atom stereocenters. The van der Waals surface area contributed by atoms with Crippen molar-refractivity contribution in [1.29, 1.82) is 0 Å². The second-order valence-corrected chi connectivity index (χ2v) is 6.33. The first-order chi connectivity index (χ1) is 11.0. The lowest BCUT2D eigenvalue weighted by atomic mass is 10.2. The van der Waals surface area contributed by atoms with Crippen molar-refractivity contribution in [3.8, 4) is 0 Å². The number of hydrogen-bond donors (Lipinski definition) is 3. The summed E-state index contributed by atoms with van der Waals surface area (Å²) >= 11 is 1.21. The minimum atomic E-state index is -0.931. The molecule has 23 heavy (non-hydrogen) atoms. The number of aromatic amines is 1. The van der Waals surface area contributed by atoms with Crippen LogP contribution in [0.15, 0.2) is 24.3 Å². The molecule has 3 aromatic rings. The van der Waals surface area contributed by atoms with Crippen molar-refractivity contribution in [3.63, 3.8) is 0 Å². The zero-order chi connectivity index (χ0) is 16.4. The summed E-state index contributed by atoms with van der Waals surface area (Å²) in [4.78, 5) is 18.7. The van der Waals surface area contributed by atoms with Crippen LogP contribution in [-0.2, 0) is 13.0 Å². The number of carboxylic acid groups (broad SMARTS) is 1. The number of nitrogens with one attached hydrogen (secondary N) is 2. The van der Waals surface area contributed by atoms with E-state index in [1.807, 2.05) is 6.07 Å². The Labute approximate surface area is 136 Å². The molecule has 0 unspecified atom stereocenters. The number of halogens is 1. The van der Waals surface area contributed by atoms with Gasteiger partial charge in [0.25, 0.3) is 0 Å². The molecule has 0 bridgehead atoms. The number of thiazole rings is 1. The van der Waals surface area contributed by atoms with Crippen LogP contribution in [0.2, 0.25) is 0 Å². The van der Waals surface area contributed by atoms with Crippen LogP contribution in [0.25, 0.3) is 10.9 Å². The Balaban J connectivity index is 1.56. The fraction of sp³-hybridized carbons (Fsp3) is 0.250. The lowest BCUT2D eigenvalue weighted by molar-refractivity contribution is 0.0701. The van der Waals surface area contributed by atoms with E-state index >= 15 is 0 Å². The van der Waals surface area contributed by atoms with Gasteiger partial charge in [-0.25, -0.2) is 14.2 Å². The maximum Gasteiger partial charge on any atom is 0.347 e. The Bertz CT molecular complexity index is 856. The van der Waals surface area contributed by atoms with Crippen LogP contribution in [0.4, 0.5) is 4.39 Å². The molecule has 2 aromatic heterocycles. The molecule has 0 spiro atoms. The van der Waals surface area contributed by atoms with Crippen LogP contribution >= 0.6 is 11.3 Å². The van der Waals surface area contributed by atoms with Gasteiger partial charge in [0.15, 0.2) is 0 Å². The molecule has 2 heterocycles. The van der Waals surface area contributed by atoms with Crippen molar-refractivity contribution in [3.05, 3.63) is 51.4 Å². The van der Waals surface area contributed by atoms with E-state index in [0.29, 0.717) is 35.5 Å². The molecule has 0 saturated carbocycles. The lowest BCUT2D eigenvalue weighted by Crippen LogP contribution is -2.16. The number of carbonyl (C=O) groups is 1. The van der Waals surface area contributed by atoms with E-state index in [4.69, 9.17) is 5.11 Å². The molecule has 3 rings (SSSR count). The van der Waals surface area contributed by atoms with Gasteiger partial charge in [-0.1, -0.05) is 6.07 Å². The Morgan fingerprint density at radius 2 is 2.30 bits per heavy atom. The largest absolute Gasteiger partial charge is 0.477 e. The van der Waals surface area contributed by atoms with E-state index < -0.39 is 5.97 Å². The molecule has 5 nitrogen and oxygen atoms in total. The zero-order valence-electron chi connectivity index (χ0n) is 12.5. The highest BCUT2D eigenvalue weighted by atomic mass is 32.1. The highest BCUT2D eigenvalue weighted by Gasteiger charge is 2.13. The van der Waals surface area contributed by atoms with Gasteiger partial charge in [-0.15, -0.1) is 11.3 Å². The highest BCUT2D eigenvalue weighted by Crippen LogP contribution is 2.19. The molecule has 3 N–H and O–H groups in total. The quantitative estimate of drug-likeness (QED) is 0.606. The first-order valence-electron chi connectivity index (χ1n) is 7.21. The number of aryl methyl sites for hydroxylation is 1. The Hall–Kier alpha value is -2.25. The molecule has 1 aromatic carbocycles. The molecule has 0 amide bonds. The second kappa shape index (κ2) is 6.47. The standard InChI is InChI=1S/C16H16FN3O2S/c1-9-15(16(21)22)23-14(19-9)5-6-18-8-10-7-11-12(17)3-2-4-13(11)20-10/h2-4,7,18,20H,5-6,8H2,1H3,(H,21,22). The van der Waals surface area contributed by atoms with E-state index in [2.05, 4.69) is 15.3 Å². The average Bonchev–Trinajstić information content (AvgIpc) is 3.08. The first kappa shape index (κ1) is 15.6. The lowest BCUT2D eigenvalue weighted by Gasteiger charge is -2.01. The molecule has 120 valence electrons. The molecule has 0 saturated heterocycles. The number of aromatic nitrogens is 2. The second-order valence-electron chi connectivity index (χ2n) is 5.25. The molecule has 0 aliphatic rings. The Morgan fingerprint density at radius 3 is 3.00 bits per heavy atom. The Morgan fingerprint density at radius 1 is 1.48 bits per heavy atom. The third kappa shape index (κ3) is 3.40. The Kier molecular flexibility index (Phi) is 4.40. The van der Waals surface area contributed by atoms with Crippen LogP contribution in [0.5, 0.6) is 0 Å². The molecular weight excluding hydrogens is 317 g/mol. The average molecular weight is 333 g/mol. The van der Waals surface area contributed by atoms with Crippen molar-refractivity contribution < 1.29 is 14.3 Å². The van der Waals surface area contributed by atoms with Crippen molar-refractivity contribution in [2.75, 3.05) is 6.54 Å². The molecule has 0 aliphatic carbocycles. The minimum Gasteiger partial charge on any atom is -0.477 e. The number of fused-ring (bicyclic) bond motifs is 1. The van der Waals surface area contributed by atoms with E-state index in [1.54, 1.807) is 19.1 Å². The van der Waals surface area contributed by atoms with Crippen LogP contribution < -0.4 is 5.32 Å². The number of aromatic carboxylic acids is 1. The van der Waals surface area contributed by atoms with E-state index in [0.717, 1.165) is 16.2 Å². The minimum absolute atomic E-state index is 0.232. The number of carboxylic acids is 1. The summed E-state index contributed by atoms with van der Waals surface area (Å²) in [5.74, 6) is -1.16. The van der Waals surface area contributed by atoms with Crippen molar-refractivity contribution in [1.82, 2.24) is 15.3 Å². The first-order valence-corrected chi connectivity index (χ1v) is 8.02. The van der Waals surface area contributed by atoms with Gasteiger partial charge in [-0.3, -0.25) is 0 Å². The van der Waals surface area contributed by atoms with Crippen LogP contribution in [-0.4, -0.2) is 27.6 Å². The van der Waals surface area contributed by atoms with Gasteiger partial charge in [-0.2, -0.15) is 0 Å². The molecule has 0 radical (unpaired) electrons. The molecule has 0 aliphatic heterocycles. The summed E-state index contributed by atoms with van der Waals surface area (Å²) in [6.45, 7) is 2.96. The summed E-state index contributed by atoms with van der Waals surface area (Å²) in [7, 11) is 0. The maximum absolute atomic E-state index is 13.6. The molecular formula is C16H16FN3O2S. The SMILES string of the molecule is Cc1nc(CCNCc2cc3c(F)cccc3[nH]2)sc1C(=O)O. The van der Waals surface area contributed by atoms with Gasteiger partial charge >= 0.3 is 5.97 Å². The topological polar surface area (TPSA) is 78.0 Å². The van der Waals surface area contributed by atoms with Crippen molar-refractivity contribution in [2.24, 2.45) is 0 Å². The van der Waals surface area contributed by atoms with E-state index in [1.165, 1.54) is 17.4 Å². The van der Waals surface area contributed by atoms with Crippen LogP contribution in [0, 0.1) is 12.7 Å². The normalized spacial score (nSPS) is 11.2. The number of nitrogens with zero attached hydrogens (tertiary/aromatic N) is 1. The van der Waals surface area contributed by atoms with E-state index in [9.17, 15) is 9.18 Å². The fourth-order valence-corrected chi connectivity index (χ4v) is 3.35. The van der Waals surface area contributed by atoms with E-state index in [-0.39, 0.29) is 5.82 Å². The van der Waals surface area contributed by atoms with Crippen molar-refractivity contribution in [2.45, 2.75) is 19.9 Å². The smallest absolute Gasteiger partial charge is 0.347 e. The number of benzene rings is 1. The van der Waals surface area contributed by atoms with Gasteiger partial charge in [0.2, 0.25) is 0 Å². The van der Waals surface area contributed by atoms with Crippen molar-refractivity contribution >= 4 is 28.2 Å². The third-order valence-electron chi connectivity index (χ3n) is 3.53. The number of rotatable bonds is 6. The third-order valence-corrected chi connectivity index (χ3v) is 4.74. The predicted octanol–water partition coefficient (Wildman–Crippen LogP) is 3.10. The highest BCUT2D eigenvalue weighted by molar-refractivity contribution is 7.13. The van der Waals surface area contributed by atoms with Gasteiger partial charge in [0.1, 0.15) is 10.7 Å². The van der Waals surface area contributed by atoms with Gasteiger partial charge < -0.3 is 15.4 Å². The number of hydrogen-bond acceptors (Lipinski definition) is 4. The van der Waals surface area contributed by atoms with Gasteiger partial charge in [-0.05, 0) is 25.1 Å². The molecule has 0 fully saturated rings. The summed E-state index contributed by atoms with van der Waals surface area (Å²) in [6.07, 6.45) is 0.660. The zero-order valence-corrected chi connectivity index (χ0v) is 13.3. The van der Waals surface area contributed by atoms with Gasteiger partial charge in [0, 0.05) is 36.1 Å². The monoisotopic (exact) mass is 333 g/mol. The van der Waals surface area contributed by atoms with Crippen LogP contribution in [0.3, 0.4) is 0 Å². The maximum atomic E-state index is 13.6. The summed E-state index contributed by atoms with van der Waals surface area (Å²) in [5, 5.41) is 13.7. The number of H-pyrrole nitrogens is 1. The predicted molar refractivity (Wildman–Crippen MR) is 87.5 cm³/mol. The summed E-state index contributed by atoms with van der Waals surface area (Å²) in [5.41, 5.74) is 2.25. The fourth-order valence-electron chi connectivity index (χ4n) is 2.45. The summed E-state index contributed by atoms with van der Waals surface area (Å²) < 4.78 is 13.6.